The predicted molar refractivity (Wildman–Crippen MR) is 57.9 cm³/mol. The van der Waals surface area contributed by atoms with Gasteiger partial charge in [-0.15, -0.1) is 0 Å². The van der Waals surface area contributed by atoms with Gasteiger partial charge in [-0.2, -0.15) is 0 Å². The van der Waals surface area contributed by atoms with Gasteiger partial charge in [-0.3, -0.25) is 10.1 Å². The number of nitrogens with zero attached hydrogens (tertiary/aromatic N) is 1. The number of rotatable bonds is 2. The van der Waals surface area contributed by atoms with Crippen molar-refractivity contribution in [1.29, 1.82) is 0 Å². The molecule has 0 amide bonds. The van der Waals surface area contributed by atoms with Crippen LogP contribution < -0.4 is 0 Å². The predicted octanol–water partition coefficient (Wildman–Crippen LogP) is 1.42. The smallest absolute Gasteiger partial charge is 0.310 e. The minimum absolute atomic E-state index is 0.317. The summed E-state index contributed by atoms with van der Waals surface area (Å²) in [4.78, 5) is 9.75. The Labute approximate surface area is 92.5 Å². The minimum Gasteiger partial charge on any atom is -0.502 e. The molecule has 0 saturated carbocycles. The number of phenolic OH excluding ortho intramolecular Hbond substituents is 1. The average molecular weight is 221 g/mol. The van der Waals surface area contributed by atoms with Crippen LogP contribution in [-0.2, 0) is 0 Å². The fourth-order valence-corrected chi connectivity index (χ4v) is 1.06. The van der Waals surface area contributed by atoms with Gasteiger partial charge in [0.05, 0.1) is 11.0 Å². The largest absolute Gasteiger partial charge is 0.502 e. The molecule has 0 heterocycles. The van der Waals surface area contributed by atoms with E-state index in [-0.39, 0.29) is 5.69 Å². The molecule has 1 aromatic rings. The van der Waals surface area contributed by atoms with Gasteiger partial charge in [0.25, 0.3) is 0 Å². The Bertz CT molecular complexity index is 457. The molecule has 0 radical (unpaired) electrons. The maximum atomic E-state index is 10.4. The van der Waals surface area contributed by atoms with Crippen molar-refractivity contribution in [2.24, 2.45) is 0 Å². The molecule has 1 atom stereocenters. The van der Waals surface area contributed by atoms with E-state index in [1.807, 2.05) is 0 Å². The fraction of sp³-hybridized carbons (Fsp3) is 0.273. The first-order chi connectivity index (χ1) is 7.50. The SMILES string of the molecule is CC(O)CC#Cc1ccc([N+](=O)[O-])c(O)c1. The van der Waals surface area contributed by atoms with Gasteiger partial charge < -0.3 is 10.2 Å². The Kier molecular flexibility index (Phi) is 3.86. The highest BCUT2D eigenvalue weighted by Crippen LogP contribution is 2.25. The number of nitro groups is 1. The highest BCUT2D eigenvalue weighted by atomic mass is 16.6. The topological polar surface area (TPSA) is 83.6 Å². The number of hydrogen-bond acceptors (Lipinski definition) is 4. The highest BCUT2D eigenvalue weighted by Gasteiger charge is 2.11. The average Bonchev–Trinajstić information content (AvgIpc) is 2.16. The van der Waals surface area contributed by atoms with Gasteiger partial charge in [-0.05, 0) is 13.0 Å². The lowest BCUT2D eigenvalue weighted by atomic mass is 10.2. The van der Waals surface area contributed by atoms with Crippen molar-refractivity contribution in [3.63, 3.8) is 0 Å². The molecule has 0 aliphatic rings. The van der Waals surface area contributed by atoms with E-state index in [0.717, 1.165) is 0 Å². The highest BCUT2D eigenvalue weighted by molar-refractivity contribution is 5.51. The van der Waals surface area contributed by atoms with Crippen LogP contribution in [0.15, 0.2) is 18.2 Å². The fourth-order valence-electron chi connectivity index (χ4n) is 1.06. The summed E-state index contributed by atoms with van der Waals surface area (Å²) in [6, 6.07) is 3.88. The molecular weight excluding hydrogens is 210 g/mol. The lowest BCUT2D eigenvalue weighted by Crippen LogP contribution is -1.95. The van der Waals surface area contributed by atoms with Gasteiger partial charge in [0, 0.05) is 24.1 Å². The van der Waals surface area contributed by atoms with E-state index in [4.69, 9.17) is 5.11 Å². The van der Waals surface area contributed by atoms with E-state index >= 15 is 0 Å². The Balaban J connectivity index is 2.88. The molecule has 0 aromatic heterocycles. The summed E-state index contributed by atoms with van der Waals surface area (Å²) in [6.07, 6.45) is -0.197. The van der Waals surface area contributed by atoms with E-state index in [0.29, 0.717) is 12.0 Å². The molecule has 5 heteroatoms. The first-order valence-electron chi connectivity index (χ1n) is 4.65. The molecule has 84 valence electrons. The van der Waals surface area contributed by atoms with Crippen molar-refractivity contribution < 1.29 is 15.1 Å². The van der Waals surface area contributed by atoms with E-state index in [1.165, 1.54) is 18.2 Å². The van der Waals surface area contributed by atoms with Gasteiger partial charge in [0.15, 0.2) is 5.75 Å². The summed E-state index contributed by atoms with van der Waals surface area (Å²) in [5.41, 5.74) is 0.129. The Morgan fingerprint density at radius 3 is 2.75 bits per heavy atom. The Hall–Kier alpha value is -2.06. The number of benzene rings is 1. The molecule has 0 spiro atoms. The number of aliphatic hydroxyl groups excluding tert-OH is 1. The van der Waals surface area contributed by atoms with E-state index in [9.17, 15) is 15.2 Å². The Morgan fingerprint density at radius 1 is 1.56 bits per heavy atom. The van der Waals surface area contributed by atoms with Crippen LogP contribution >= 0.6 is 0 Å². The van der Waals surface area contributed by atoms with Crippen molar-refractivity contribution in [3.05, 3.63) is 33.9 Å². The third-order valence-corrected chi connectivity index (χ3v) is 1.80. The molecule has 1 unspecified atom stereocenters. The van der Waals surface area contributed by atoms with Crippen LogP contribution in [0.1, 0.15) is 18.9 Å². The zero-order valence-corrected chi connectivity index (χ0v) is 8.67. The third kappa shape index (κ3) is 3.26. The van der Waals surface area contributed by atoms with Gasteiger partial charge >= 0.3 is 5.69 Å². The van der Waals surface area contributed by atoms with Crippen molar-refractivity contribution in [3.8, 4) is 17.6 Å². The van der Waals surface area contributed by atoms with Crippen LogP contribution in [0.5, 0.6) is 5.75 Å². The first kappa shape index (κ1) is 12.0. The summed E-state index contributed by atoms with van der Waals surface area (Å²) in [7, 11) is 0. The molecule has 16 heavy (non-hydrogen) atoms. The van der Waals surface area contributed by atoms with E-state index in [2.05, 4.69) is 11.8 Å². The summed E-state index contributed by atoms with van der Waals surface area (Å²) < 4.78 is 0. The lowest BCUT2D eigenvalue weighted by Gasteiger charge is -1.96. The van der Waals surface area contributed by atoms with Gasteiger partial charge in [-0.25, -0.2) is 0 Å². The normalized spacial score (nSPS) is 11.4. The maximum Gasteiger partial charge on any atom is 0.310 e. The lowest BCUT2D eigenvalue weighted by molar-refractivity contribution is -0.385. The van der Waals surface area contributed by atoms with Gasteiger partial charge in [-0.1, -0.05) is 11.8 Å². The molecule has 0 bridgehead atoms. The second-order valence-electron chi connectivity index (χ2n) is 3.32. The van der Waals surface area contributed by atoms with E-state index < -0.39 is 16.8 Å². The molecule has 2 N–H and O–H groups in total. The number of aromatic hydroxyl groups is 1. The summed E-state index contributed by atoms with van der Waals surface area (Å²) in [5, 5.41) is 28.7. The van der Waals surface area contributed by atoms with Crippen LogP contribution in [-0.4, -0.2) is 21.2 Å². The van der Waals surface area contributed by atoms with Crippen molar-refractivity contribution in [2.75, 3.05) is 0 Å². The number of hydrogen-bond donors (Lipinski definition) is 2. The zero-order valence-electron chi connectivity index (χ0n) is 8.67. The van der Waals surface area contributed by atoms with Crippen LogP contribution in [0.2, 0.25) is 0 Å². The molecule has 1 aromatic carbocycles. The number of nitro benzene ring substituents is 1. The van der Waals surface area contributed by atoms with Crippen molar-refractivity contribution in [2.45, 2.75) is 19.4 Å². The monoisotopic (exact) mass is 221 g/mol. The Morgan fingerprint density at radius 2 is 2.25 bits per heavy atom. The molecule has 1 rings (SSSR count). The van der Waals surface area contributed by atoms with Crippen molar-refractivity contribution in [1.82, 2.24) is 0 Å². The summed E-state index contributed by atoms with van der Waals surface area (Å²) in [5.74, 6) is 4.98. The van der Waals surface area contributed by atoms with Crippen molar-refractivity contribution >= 4 is 5.69 Å². The molecule has 0 aliphatic carbocycles. The molecule has 0 saturated heterocycles. The number of aliphatic hydroxyl groups is 1. The standard InChI is InChI=1S/C11H11NO4/c1-8(13)3-2-4-9-5-6-10(12(15)16)11(14)7-9/h5-8,13-14H,3H2,1H3. The second-order valence-corrected chi connectivity index (χ2v) is 3.32. The van der Waals surface area contributed by atoms with Crippen LogP contribution in [0.3, 0.4) is 0 Å². The zero-order chi connectivity index (χ0) is 12.1. The number of phenols is 1. The van der Waals surface area contributed by atoms with Gasteiger partial charge in [0.1, 0.15) is 0 Å². The molecule has 0 aliphatic heterocycles. The van der Waals surface area contributed by atoms with E-state index in [1.54, 1.807) is 6.92 Å². The van der Waals surface area contributed by atoms with Crippen LogP contribution in [0, 0.1) is 22.0 Å². The maximum absolute atomic E-state index is 10.4. The van der Waals surface area contributed by atoms with Crippen LogP contribution in [0.4, 0.5) is 5.69 Å². The molecule has 0 fully saturated rings. The quantitative estimate of drug-likeness (QED) is 0.449. The second kappa shape index (κ2) is 5.14. The third-order valence-electron chi connectivity index (χ3n) is 1.80. The summed E-state index contributed by atoms with van der Waals surface area (Å²) in [6.45, 7) is 1.61. The summed E-state index contributed by atoms with van der Waals surface area (Å²) >= 11 is 0. The first-order valence-corrected chi connectivity index (χ1v) is 4.65. The van der Waals surface area contributed by atoms with Crippen LogP contribution in [0.25, 0.3) is 0 Å². The van der Waals surface area contributed by atoms with Gasteiger partial charge in [0.2, 0.25) is 0 Å². The molecule has 5 nitrogen and oxygen atoms in total. The minimum atomic E-state index is -0.664. The molecular formula is C11H11NO4.